The lowest BCUT2D eigenvalue weighted by Crippen LogP contribution is -2.31. The molecule has 0 saturated heterocycles. The summed E-state index contributed by atoms with van der Waals surface area (Å²) < 4.78 is 23.8. The van der Waals surface area contributed by atoms with Crippen LogP contribution in [0, 0.1) is 6.92 Å². The molecule has 28 heavy (non-hydrogen) atoms. The average molecular weight is 461 g/mol. The summed E-state index contributed by atoms with van der Waals surface area (Å²) in [7, 11) is -3.46. The van der Waals surface area contributed by atoms with E-state index < -0.39 is 9.84 Å². The van der Waals surface area contributed by atoms with Crippen LogP contribution >= 0.6 is 35.0 Å². The van der Waals surface area contributed by atoms with E-state index in [0.29, 0.717) is 17.8 Å². The van der Waals surface area contributed by atoms with Gasteiger partial charge in [0.25, 0.3) is 0 Å². The lowest BCUT2D eigenvalue weighted by atomic mass is 10.2. The van der Waals surface area contributed by atoms with Gasteiger partial charge in [0.1, 0.15) is 0 Å². The van der Waals surface area contributed by atoms with E-state index in [9.17, 15) is 13.2 Å². The van der Waals surface area contributed by atoms with Crippen molar-refractivity contribution in [2.45, 2.75) is 17.6 Å². The molecule has 0 spiro atoms. The molecule has 0 aliphatic heterocycles. The Morgan fingerprint density at radius 2 is 1.82 bits per heavy atom. The van der Waals surface area contributed by atoms with Gasteiger partial charge < -0.3 is 10.6 Å². The molecule has 2 aromatic rings. The van der Waals surface area contributed by atoms with Crippen molar-refractivity contribution in [3.05, 3.63) is 57.6 Å². The second kappa shape index (κ2) is 10.4. The number of anilines is 1. The predicted octanol–water partition coefficient (Wildman–Crippen LogP) is 4.17. The zero-order valence-electron chi connectivity index (χ0n) is 15.6. The number of benzene rings is 2. The number of halogens is 2. The number of carbonyl (C=O) groups excluding carboxylic acids is 1. The fraction of sp³-hybridized carbons (Fsp3) is 0.316. The molecule has 0 aliphatic rings. The summed E-state index contributed by atoms with van der Waals surface area (Å²) in [6.45, 7) is 2.23. The number of rotatable bonds is 9. The molecule has 0 heterocycles. The summed E-state index contributed by atoms with van der Waals surface area (Å²) in [5.74, 6) is 1.37. The molecule has 1 amide bonds. The molecule has 0 bridgehead atoms. The third-order valence-corrected chi connectivity index (χ3v) is 7.02. The van der Waals surface area contributed by atoms with Crippen molar-refractivity contribution in [3.8, 4) is 0 Å². The van der Waals surface area contributed by atoms with Crippen LogP contribution in [-0.2, 0) is 20.4 Å². The number of amides is 1. The molecule has 0 aliphatic carbocycles. The fourth-order valence-corrected chi connectivity index (χ4v) is 5.46. The van der Waals surface area contributed by atoms with Crippen LogP contribution in [0.5, 0.6) is 0 Å². The topological polar surface area (TPSA) is 75.3 Å². The van der Waals surface area contributed by atoms with Crippen molar-refractivity contribution in [1.29, 1.82) is 0 Å². The van der Waals surface area contributed by atoms with Crippen LogP contribution in [0.4, 0.5) is 5.69 Å². The first kappa shape index (κ1) is 22.9. The molecule has 0 atom stereocenters. The highest BCUT2D eigenvalue weighted by Crippen LogP contribution is 2.30. The Labute approximate surface area is 180 Å². The van der Waals surface area contributed by atoms with Gasteiger partial charge >= 0.3 is 0 Å². The highest BCUT2D eigenvalue weighted by atomic mass is 35.5. The summed E-state index contributed by atoms with van der Waals surface area (Å²) in [6, 6.07) is 10.9. The van der Waals surface area contributed by atoms with Gasteiger partial charge in [-0.25, -0.2) is 8.42 Å². The Balaban J connectivity index is 1.78. The van der Waals surface area contributed by atoms with E-state index in [-0.39, 0.29) is 22.4 Å². The highest BCUT2D eigenvalue weighted by molar-refractivity contribution is 7.98. The Morgan fingerprint density at radius 3 is 2.50 bits per heavy atom. The van der Waals surface area contributed by atoms with E-state index in [1.54, 1.807) is 24.8 Å². The molecule has 2 aromatic carbocycles. The number of nitrogens with one attached hydrogen (secondary N) is 2. The third kappa shape index (κ3) is 6.58. The first-order valence-corrected chi connectivity index (χ1v) is 12.3. The SMILES string of the molecule is Cc1c(NCC(=O)NCCSCc2ccccc2Cl)ccc(Cl)c1S(C)(=O)=O. The summed E-state index contributed by atoms with van der Waals surface area (Å²) in [5, 5.41) is 6.71. The number of thioether (sulfide) groups is 1. The molecule has 2 rings (SSSR count). The minimum absolute atomic E-state index is 0.0425. The minimum Gasteiger partial charge on any atom is -0.376 e. The standard InChI is InChI=1S/C19H22Cl2N2O3S2/c1-13-17(8-7-16(21)19(13)28(2,25)26)23-11-18(24)22-9-10-27-12-14-5-3-4-6-15(14)20/h3-8,23H,9-12H2,1-2H3,(H,22,24). The zero-order chi connectivity index (χ0) is 20.7. The monoisotopic (exact) mass is 460 g/mol. The van der Waals surface area contributed by atoms with Crippen molar-refractivity contribution >= 4 is 56.4 Å². The summed E-state index contributed by atoms with van der Waals surface area (Å²) >= 11 is 13.8. The van der Waals surface area contributed by atoms with Crippen molar-refractivity contribution in [2.24, 2.45) is 0 Å². The smallest absolute Gasteiger partial charge is 0.239 e. The zero-order valence-corrected chi connectivity index (χ0v) is 18.7. The van der Waals surface area contributed by atoms with E-state index in [1.807, 2.05) is 24.3 Å². The molecule has 0 saturated carbocycles. The molecule has 9 heteroatoms. The maximum Gasteiger partial charge on any atom is 0.239 e. The second-order valence-electron chi connectivity index (χ2n) is 6.17. The quantitative estimate of drug-likeness (QED) is 0.549. The largest absolute Gasteiger partial charge is 0.376 e. The van der Waals surface area contributed by atoms with Crippen LogP contribution in [0.25, 0.3) is 0 Å². The fourth-order valence-electron chi connectivity index (χ4n) is 2.60. The normalized spacial score (nSPS) is 11.3. The first-order chi connectivity index (χ1) is 13.2. The Kier molecular flexibility index (Phi) is 8.49. The lowest BCUT2D eigenvalue weighted by molar-refractivity contribution is -0.119. The van der Waals surface area contributed by atoms with Crippen LogP contribution < -0.4 is 10.6 Å². The number of carbonyl (C=O) groups is 1. The minimum atomic E-state index is -3.46. The average Bonchev–Trinajstić information content (AvgIpc) is 2.61. The maximum absolute atomic E-state index is 12.0. The van der Waals surface area contributed by atoms with Crippen LogP contribution in [-0.4, -0.2) is 39.4 Å². The molecule has 0 fully saturated rings. The van der Waals surface area contributed by atoms with Crippen LogP contribution in [0.15, 0.2) is 41.3 Å². The molecule has 5 nitrogen and oxygen atoms in total. The predicted molar refractivity (Wildman–Crippen MR) is 118 cm³/mol. The number of sulfone groups is 1. The highest BCUT2D eigenvalue weighted by Gasteiger charge is 2.18. The Hall–Kier alpha value is -1.41. The van der Waals surface area contributed by atoms with Crippen LogP contribution in [0.1, 0.15) is 11.1 Å². The van der Waals surface area contributed by atoms with E-state index in [1.165, 1.54) is 6.07 Å². The molecule has 2 N–H and O–H groups in total. The van der Waals surface area contributed by atoms with E-state index in [4.69, 9.17) is 23.2 Å². The Morgan fingerprint density at radius 1 is 1.11 bits per heavy atom. The van der Waals surface area contributed by atoms with Gasteiger partial charge in [-0.1, -0.05) is 41.4 Å². The van der Waals surface area contributed by atoms with Gasteiger partial charge in [0.05, 0.1) is 16.5 Å². The number of hydrogen-bond acceptors (Lipinski definition) is 5. The second-order valence-corrected chi connectivity index (χ2v) is 10.0. The molecule has 152 valence electrons. The molecular weight excluding hydrogens is 439 g/mol. The molecule has 0 unspecified atom stereocenters. The summed E-state index contributed by atoms with van der Waals surface area (Å²) in [6.07, 6.45) is 1.11. The lowest BCUT2D eigenvalue weighted by Gasteiger charge is -2.14. The van der Waals surface area contributed by atoms with Crippen molar-refractivity contribution in [1.82, 2.24) is 5.32 Å². The van der Waals surface area contributed by atoms with E-state index >= 15 is 0 Å². The first-order valence-electron chi connectivity index (χ1n) is 8.51. The molecular formula is C19H22Cl2N2O3S2. The summed E-state index contributed by atoms with van der Waals surface area (Å²) in [5.41, 5.74) is 2.13. The molecule has 0 radical (unpaired) electrons. The van der Waals surface area contributed by atoms with Crippen LogP contribution in [0.3, 0.4) is 0 Å². The van der Waals surface area contributed by atoms with Crippen molar-refractivity contribution < 1.29 is 13.2 Å². The van der Waals surface area contributed by atoms with Gasteiger partial charge in [0.2, 0.25) is 5.91 Å². The van der Waals surface area contributed by atoms with Crippen LogP contribution in [0.2, 0.25) is 10.0 Å². The van der Waals surface area contributed by atoms with Crippen molar-refractivity contribution in [3.63, 3.8) is 0 Å². The van der Waals surface area contributed by atoms with Crippen molar-refractivity contribution in [2.75, 3.05) is 30.4 Å². The van der Waals surface area contributed by atoms with E-state index in [0.717, 1.165) is 28.3 Å². The molecule has 0 aromatic heterocycles. The van der Waals surface area contributed by atoms with Gasteiger partial charge in [-0.05, 0) is 36.2 Å². The maximum atomic E-state index is 12.0. The number of hydrogen-bond donors (Lipinski definition) is 2. The van der Waals surface area contributed by atoms with Gasteiger partial charge in [-0.15, -0.1) is 0 Å². The van der Waals surface area contributed by atoms with Gasteiger partial charge in [0.15, 0.2) is 9.84 Å². The van der Waals surface area contributed by atoms with Gasteiger partial charge in [-0.2, -0.15) is 11.8 Å². The van der Waals surface area contributed by atoms with Gasteiger partial charge in [-0.3, -0.25) is 4.79 Å². The Bertz CT molecular complexity index is 950. The van der Waals surface area contributed by atoms with Gasteiger partial charge in [0, 0.05) is 35.0 Å². The summed E-state index contributed by atoms with van der Waals surface area (Å²) in [4.78, 5) is 12.1. The third-order valence-electron chi connectivity index (χ3n) is 3.95. The van der Waals surface area contributed by atoms with E-state index in [2.05, 4.69) is 10.6 Å².